The number of aliphatic carboxylic acids is 2. The molecule has 0 aliphatic heterocycles. The van der Waals surface area contributed by atoms with Gasteiger partial charge in [-0.05, 0) is 31.6 Å². The van der Waals surface area contributed by atoms with Crippen molar-refractivity contribution in [1.82, 2.24) is 0 Å². The first-order chi connectivity index (χ1) is 11.2. The Labute approximate surface area is 139 Å². The highest BCUT2D eigenvalue weighted by Crippen LogP contribution is 2.60. The molecule has 1 rings (SSSR count). The van der Waals surface area contributed by atoms with Crippen LogP contribution < -0.4 is 0 Å². The minimum Gasteiger partial charge on any atom is -0.481 e. The van der Waals surface area contributed by atoms with Crippen LogP contribution in [0.25, 0.3) is 0 Å². The number of carboxylic acids is 2. The van der Waals surface area contributed by atoms with Gasteiger partial charge in [0.05, 0.1) is 5.56 Å². The second kappa shape index (κ2) is 8.68. The zero-order valence-corrected chi connectivity index (χ0v) is 14.0. The average Bonchev–Trinajstić information content (AvgIpc) is 2.53. The molecule has 0 radical (unpaired) electrons. The van der Waals surface area contributed by atoms with E-state index in [0.29, 0.717) is 0 Å². The molecule has 0 heterocycles. The maximum atomic E-state index is 12.5. The first kappa shape index (κ1) is 20.0. The van der Waals surface area contributed by atoms with E-state index in [-0.39, 0.29) is 12.0 Å². The van der Waals surface area contributed by atoms with E-state index in [2.05, 4.69) is 0 Å². The summed E-state index contributed by atoms with van der Waals surface area (Å²) in [4.78, 5) is 55.6. The molecule has 0 saturated carbocycles. The van der Waals surface area contributed by atoms with Crippen LogP contribution in [0.2, 0.25) is 0 Å². The second-order valence-electron chi connectivity index (χ2n) is 5.21. The quantitative estimate of drug-likeness (QED) is 0.394. The van der Waals surface area contributed by atoms with E-state index >= 15 is 0 Å². The molecule has 0 aliphatic carbocycles. The number of rotatable bonds is 9. The normalized spacial score (nSPS) is 14.3. The lowest BCUT2D eigenvalue weighted by Gasteiger charge is -2.23. The Morgan fingerprint density at radius 1 is 1.12 bits per heavy atom. The van der Waals surface area contributed by atoms with Gasteiger partial charge in [-0.25, -0.2) is 14.6 Å². The number of allylic oxidation sites excluding steroid dienone is 2. The maximum Gasteiger partial charge on any atom is 0.357 e. The molecule has 0 amide bonds. The fourth-order valence-electron chi connectivity index (χ4n) is 2.33. The monoisotopic (exact) mass is 355 g/mol. The molecule has 2 unspecified atom stereocenters. The molecule has 2 atom stereocenters. The third kappa shape index (κ3) is 4.96. The van der Waals surface area contributed by atoms with Crippen molar-refractivity contribution in [2.24, 2.45) is 5.92 Å². The molecule has 1 aromatic rings. The number of carbonyl (C=O) groups is 3. The first-order valence-corrected chi connectivity index (χ1v) is 8.99. The van der Waals surface area contributed by atoms with Crippen molar-refractivity contribution >= 4 is 25.2 Å². The lowest BCUT2D eigenvalue weighted by molar-refractivity contribution is -0.142. The standard InChI is InChI=1S/C16H19O7P/c1-2-6-13(12(15(19)20)9-10-14(17)18)24(22,23)16(21)11-7-4-3-5-8-11/h2-8,12-13,22-23H,9-10H2,1H3,(H-,17,18,19,20)/p+1. The van der Waals surface area contributed by atoms with Crippen molar-refractivity contribution in [3.63, 3.8) is 0 Å². The zero-order valence-electron chi connectivity index (χ0n) is 13.1. The molecule has 130 valence electrons. The molecule has 0 bridgehead atoms. The number of hydrogen-bond acceptors (Lipinski definition) is 5. The van der Waals surface area contributed by atoms with Crippen molar-refractivity contribution < 1.29 is 34.4 Å². The van der Waals surface area contributed by atoms with Gasteiger partial charge in [-0.3, -0.25) is 9.59 Å². The van der Waals surface area contributed by atoms with Gasteiger partial charge >= 0.3 is 25.2 Å². The summed E-state index contributed by atoms with van der Waals surface area (Å²) in [5, 5.41) is 18.1. The van der Waals surface area contributed by atoms with Gasteiger partial charge in [-0.1, -0.05) is 24.3 Å². The van der Waals surface area contributed by atoms with Crippen LogP contribution in [0, 0.1) is 5.92 Å². The van der Waals surface area contributed by atoms with Crippen LogP contribution in [0.3, 0.4) is 0 Å². The summed E-state index contributed by atoms with van der Waals surface area (Å²) in [5.74, 6) is -3.98. The Kier molecular flexibility index (Phi) is 7.22. The van der Waals surface area contributed by atoms with Gasteiger partial charge in [-0.2, -0.15) is 0 Å². The highest BCUT2D eigenvalue weighted by Gasteiger charge is 2.56. The molecule has 0 aliphatic rings. The van der Waals surface area contributed by atoms with E-state index in [1.807, 2.05) is 0 Å². The van der Waals surface area contributed by atoms with Crippen molar-refractivity contribution in [3.8, 4) is 0 Å². The fraction of sp³-hybridized carbons (Fsp3) is 0.312. The van der Waals surface area contributed by atoms with Gasteiger partial charge < -0.3 is 10.2 Å². The smallest absolute Gasteiger partial charge is 0.357 e. The molecule has 7 nitrogen and oxygen atoms in total. The van der Waals surface area contributed by atoms with Crippen LogP contribution >= 0.6 is 7.72 Å². The highest BCUT2D eigenvalue weighted by molar-refractivity contribution is 7.82. The molecule has 4 N–H and O–H groups in total. The molecule has 0 aromatic heterocycles. The van der Waals surface area contributed by atoms with E-state index in [4.69, 9.17) is 5.11 Å². The van der Waals surface area contributed by atoms with Crippen molar-refractivity contribution in [2.45, 2.75) is 25.4 Å². The molecule has 8 heteroatoms. The third-order valence-electron chi connectivity index (χ3n) is 3.52. The highest BCUT2D eigenvalue weighted by atomic mass is 31.2. The number of hydrogen-bond donors (Lipinski definition) is 4. The van der Waals surface area contributed by atoms with Crippen LogP contribution in [-0.2, 0) is 9.59 Å². The summed E-state index contributed by atoms with van der Waals surface area (Å²) >= 11 is 0. The molecule has 0 saturated heterocycles. The van der Waals surface area contributed by atoms with Gasteiger partial charge in [0.2, 0.25) is 0 Å². The van der Waals surface area contributed by atoms with E-state index in [0.717, 1.165) is 0 Å². The number of carbonyl (C=O) groups excluding carboxylic acids is 1. The summed E-state index contributed by atoms with van der Waals surface area (Å²) in [6.45, 7) is 1.55. The molecule has 1 aromatic carbocycles. The van der Waals surface area contributed by atoms with Crippen LogP contribution in [-0.4, -0.2) is 43.1 Å². The lowest BCUT2D eigenvalue weighted by Crippen LogP contribution is -2.32. The summed E-state index contributed by atoms with van der Waals surface area (Å²) < 4.78 is 0. The van der Waals surface area contributed by atoms with E-state index in [1.54, 1.807) is 25.1 Å². The minimum atomic E-state index is -4.35. The van der Waals surface area contributed by atoms with E-state index in [9.17, 15) is 29.3 Å². The predicted octanol–water partition coefficient (Wildman–Crippen LogP) is 2.17. The number of benzene rings is 1. The van der Waals surface area contributed by atoms with Crippen LogP contribution in [0.1, 0.15) is 30.1 Å². The van der Waals surface area contributed by atoms with Crippen molar-refractivity contribution in [3.05, 3.63) is 48.0 Å². The Bertz CT molecular complexity index is 625. The first-order valence-electron chi connectivity index (χ1n) is 7.23. The predicted molar refractivity (Wildman–Crippen MR) is 88.7 cm³/mol. The Morgan fingerprint density at radius 2 is 1.71 bits per heavy atom. The van der Waals surface area contributed by atoms with E-state index < -0.39 is 43.2 Å². The summed E-state index contributed by atoms with van der Waals surface area (Å²) in [7, 11) is -4.35. The number of carboxylic acid groups (broad SMARTS) is 2. The average molecular weight is 355 g/mol. The third-order valence-corrected chi connectivity index (χ3v) is 5.74. The van der Waals surface area contributed by atoms with Crippen LogP contribution in [0.4, 0.5) is 0 Å². The van der Waals surface area contributed by atoms with Gasteiger partial charge in [-0.15, -0.1) is 0 Å². The van der Waals surface area contributed by atoms with Gasteiger partial charge in [0.25, 0.3) is 0 Å². The maximum absolute atomic E-state index is 12.5. The lowest BCUT2D eigenvalue weighted by atomic mass is 9.99. The molecular weight excluding hydrogens is 335 g/mol. The van der Waals surface area contributed by atoms with Gasteiger partial charge in [0.1, 0.15) is 5.92 Å². The largest absolute Gasteiger partial charge is 0.481 e. The fourth-order valence-corrected chi connectivity index (χ4v) is 4.32. The van der Waals surface area contributed by atoms with Gasteiger partial charge in [0, 0.05) is 6.42 Å². The topological polar surface area (TPSA) is 132 Å². The second-order valence-corrected chi connectivity index (χ2v) is 7.52. The minimum absolute atomic E-state index is 0.0627. The van der Waals surface area contributed by atoms with Crippen LogP contribution in [0.15, 0.2) is 42.5 Å². The Morgan fingerprint density at radius 3 is 2.17 bits per heavy atom. The molecule has 0 fully saturated rings. The van der Waals surface area contributed by atoms with E-state index in [1.165, 1.54) is 24.3 Å². The van der Waals surface area contributed by atoms with Crippen LogP contribution in [0.5, 0.6) is 0 Å². The molecule has 24 heavy (non-hydrogen) atoms. The molecular formula is C16H20O7P+. The molecule has 0 spiro atoms. The van der Waals surface area contributed by atoms with Gasteiger partial charge in [0.15, 0.2) is 5.66 Å². The Hall–Kier alpha value is -2.08. The van der Waals surface area contributed by atoms with Crippen molar-refractivity contribution in [1.29, 1.82) is 0 Å². The Balaban J connectivity index is 3.21. The summed E-state index contributed by atoms with van der Waals surface area (Å²) in [5.41, 5.74) is -2.26. The van der Waals surface area contributed by atoms with Crippen molar-refractivity contribution in [2.75, 3.05) is 0 Å². The summed E-state index contributed by atoms with van der Waals surface area (Å²) in [6.07, 6.45) is 1.89. The SMILES string of the molecule is CC=CC(C(CCC(=O)O)C(=O)O)[P+](O)(O)C(=O)c1ccccc1. The zero-order chi connectivity index (χ0) is 18.3. The summed E-state index contributed by atoms with van der Waals surface area (Å²) in [6, 6.07) is 7.57.